The minimum Gasteiger partial charge on any atom is -0.495 e. The van der Waals surface area contributed by atoms with Gasteiger partial charge in [-0.3, -0.25) is 4.79 Å². The highest BCUT2D eigenvalue weighted by molar-refractivity contribution is 6.41. The van der Waals surface area contributed by atoms with Crippen molar-refractivity contribution in [2.75, 3.05) is 37.7 Å². The van der Waals surface area contributed by atoms with Crippen molar-refractivity contribution >= 4 is 46.9 Å². The fourth-order valence-corrected chi connectivity index (χ4v) is 5.34. The lowest BCUT2D eigenvalue weighted by Gasteiger charge is -2.34. The second-order valence-electron chi connectivity index (χ2n) is 8.43. The van der Waals surface area contributed by atoms with Crippen molar-refractivity contribution < 1.29 is 19.0 Å². The number of carbonyl (C=O) groups excluding carboxylic acids is 1. The molecule has 36 heavy (non-hydrogen) atoms. The van der Waals surface area contributed by atoms with E-state index in [9.17, 15) is 4.79 Å². The molecule has 0 saturated carbocycles. The first kappa shape index (κ1) is 24.4. The van der Waals surface area contributed by atoms with Gasteiger partial charge in [0.15, 0.2) is 0 Å². The van der Waals surface area contributed by atoms with E-state index in [0.717, 1.165) is 22.5 Å². The summed E-state index contributed by atoms with van der Waals surface area (Å²) in [4.78, 5) is 22.4. The predicted octanol–water partition coefficient (Wildman–Crippen LogP) is 4.43. The second-order valence-corrected chi connectivity index (χ2v) is 9.19. The van der Waals surface area contributed by atoms with Gasteiger partial charge in [-0.1, -0.05) is 41.4 Å². The molecule has 2 atom stereocenters. The van der Waals surface area contributed by atoms with Crippen LogP contribution in [0.15, 0.2) is 36.5 Å². The summed E-state index contributed by atoms with van der Waals surface area (Å²) in [6.45, 7) is 1.48. The molecular formula is C25H25Cl2N5O4. The third-order valence-electron chi connectivity index (χ3n) is 6.42. The van der Waals surface area contributed by atoms with Gasteiger partial charge in [-0.2, -0.15) is 0 Å². The van der Waals surface area contributed by atoms with Crippen molar-refractivity contribution in [1.29, 1.82) is 0 Å². The van der Waals surface area contributed by atoms with Crippen LogP contribution in [-0.4, -0.2) is 55.9 Å². The predicted molar refractivity (Wildman–Crippen MR) is 139 cm³/mol. The van der Waals surface area contributed by atoms with Crippen molar-refractivity contribution in [2.45, 2.75) is 25.0 Å². The number of fused-ring (bicyclic) bond motifs is 3. The van der Waals surface area contributed by atoms with Crippen molar-refractivity contribution in [3.8, 4) is 22.8 Å². The summed E-state index contributed by atoms with van der Waals surface area (Å²) < 4.78 is 16.6. The number of benzene rings is 2. The number of rotatable bonds is 7. The number of methoxy groups -OCH3 is 2. The van der Waals surface area contributed by atoms with Crippen LogP contribution in [0.4, 0.5) is 17.3 Å². The standard InChI is InChI=1S/C25H25Cl2N5O4/c1-34-19-9-20(35-2)22(27)24(21(19)26)32-11-14-10-28-25(30-17-12-36-8-7-16(17)29-13-33)31-23(14)15-5-3-4-6-18(15)32/h3-6,9-10,13,16-17H,7-8,11-12H2,1-2H3,(H,29,33)(H,28,30,31). The Balaban J connectivity index is 1.54. The molecule has 1 saturated heterocycles. The SMILES string of the molecule is COc1cc(OC)c(Cl)c(N2Cc3cnc(NC4COCCC4NC=O)nc3-c3ccccc32)c1Cl. The number of halogens is 2. The summed E-state index contributed by atoms with van der Waals surface area (Å²) in [5.41, 5.74) is 4.07. The van der Waals surface area contributed by atoms with E-state index in [1.54, 1.807) is 26.5 Å². The van der Waals surface area contributed by atoms with Gasteiger partial charge in [0.25, 0.3) is 0 Å². The minimum absolute atomic E-state index is 0.0639. The number of ether oxygens (including phenoxy) is 3. The van der Waals surface area contributed by atoms with Crippen LogP contribution in [0, 0.1) is 0 Å². The number of nitrogens with one attached hydrogen (secondary N) is 2. The molecule has 2 N–H and O–H groups in total. The maximum absolute atomic E-state index is 11.0. The van der Waals surface area contributed by atoms with Gasteiger partial charge in [-0.05, 0) is 12.5 Å². The Morgan fingerprint density at radius 3 is 2.61 bits per heavy atom. The Labute approximate surface area is 218 Å². The molecule has 2 aromatic carbocycles. The number of carbonyl (C=O) groups is 1. The lowest BCUT2D eigenvalue weighted by molar-refractivity contribution is -0.110. The van der Waals surface area contributed by atoms with Crippen LogP contribution in [0.3, 0.4) is 0 Å². The molecule has 0 bridgehead atoms. The molecule has 5 rings (SSSR count). The molecule has 3 heterocycles. The summed E-state index contributed by atoms with van der Waals surface area (Å²) in [5, 5.41) is 6.95. The van der Waals surface area contributed by atoms with Gasteiger partial charge >= 0.3 is 0 Å². The van der Waals surface area contributed by atoms with Crippen molar-refractivity contribution in [3.05, 3.63) is 52.1 Å². The highest BCUT2D eigenvalue weighted by Crippen LogP contribution is 2.51. The number of amides is 1. The molecule has 3 aromatic rings. The molecule has 1 fully saturated rings. The van der Waals surface area contributed by atoms with E-state index in [1.165, 1.54) is 0 Å². The van der Waals surface area contributed by atoms with Gasteiger partial charge in [0.2, 0.25) is 12.4 Å². The van der Waals surface area contributed by atoms with E-state index >= 15 is 0 Å². The van der Waals surface area contributed by atoms with Crippen LogP contribution >= 0.6 is 23.2 Å². The second kappa shape index (κ2) is 10.4. The summed E-state index contributed by atoms with van der Waals surface area (Å²) in [6.07, 6.45) is 3.22. The third kappa shape index (κ3) is 4.38. The average molecular weight is 530 g/mol. The first-order chi connectivity index (χ1) is 17.5. The Hall–Kier alpha value is -3.27. The quantitative estimate of drug-likeness (QED) is 0.433. The molecule has 0 radical (unpaired) electrons. The fourth-order valence-electron chi connectivity index (χ4n) is 4.63. The lowest BCUT2D eigenvalue weighted by Crippen LogP contribution is -2.50. The molecular weight excluding hydrogens is 505 g/mol. The van der Waals surface area contributed by atoms with Gasteiger partial charge in [0.05, 0.1) is 56.5 Å². The van der Waals surface area contributed by atoms with Crippen molar-refractivity contribution in [1.82, 2.24) is 15.3 Å². The zero-order chi connectivity index (χ0) is 25.2. The molecule has 1 aromatic heterocycles. The average Bonchev–Trinajstić information content (AvgIpc) is 2.90. The molecule has 11 heteroatoms. The third-order valence-corrected chi connectivity index (χ3v) is 7.15. The zero-order valence-electron chi connectivity index (χ0n) is 19.8. The van der Waals surface area contributed by atoms with E-state index in [4.69, 9.17) is 42.4 Å². The lowest BCUT2D eigenvalue weighted by atomic mass is 9.98. The molecule has 9 nitrogen and oxygen atoms in total. The maximum atomic E-state index is 11.0. The van der Waals surface area contributed by atoms with Crippen LogP contribution in [0.25, 0.3) is 11.3 Å². The first-order valence-corrected chi connectivity index (χ1v) is 12.2. The van der Waals surface area contributed by atoms with Gasteiger partial charge in [0, 0.05) is 30.0 Å². The van der Waals surface area contributed by atoms with Gasteiger partial charge < -0.3 is 29.7 Å². The van der Waals surface area contributed by atoms with Crippen LogP contribution < -0.4 is 25.0 Å². The van der Waals surface area contributed by atoms with Crippen LogP contribution in [0.2, 0.25) is 10.0 Å². The van der Waals surface area contributed by atoms with Gasteiger partial charge in [-0.15, -0.1) is 0 Å². The Morgan fingerprint density at radius 2 is 1.89 bits per heavy atom. The van der Waals surface area contributed by atoms with Gasteiger partial charge in [0.1, 0.15) is 21.5 Å². The minimum atomic E-state index is -0.140. The van der Waals surface area contributed by atoms with Gasteiger partial charge in [-0.25, -0.2) is 9.97 Å². The van der Waals surface area contributed by atoms with Crippen LogP contribution in [0.5, 0.6) is 11.5 Å². The van der Waals surface area contributed by atoms with E-state index in [2.05, 4.69) is 15.6 Å². The number of hydrogen-bond acceptors (Lipinski definition) is 8. The largest absolute Gasteiger partial charge is 0.495 e. The number of anilines is 3. The summed E-state index contributed by atoms with van der Waals surface area (Å²) in [7, 11) is 3.10. The number of hydrogen-bond donors (Lipinski definition) is 2. The topological polar surface area (TPSA) is 97.8 Å². The first-order valence-electron chi connectivity index (χ1n) is 11.4. The number of para-hydroxylation sites is 1. The molecule has 0 spiro atoms. The van der Waals surface area contributed by atoms with Crippen LogP contribution in [-0.2, 0) is 16.1 Å². The normalized spacial score (nSPS) is 18.6. The smallest absolute Gasteiger partial charge is 0.223 e. The molecule has 1 amide bonds. The van der Waals surface area contributed by atoms with Crippen LogP contribution in [0.1, 0.15) is 12.0 Å². The fraction of sp³-hybridized carbons (Fsp3) is 0.320. The number of nitrogens with zero attached hydrogens (tertiary/aromatic N) is 3. The molecule has 2 aliphatic heterocycles. The van der Waals surface area contributed by atoms with E-state index < -0.39 is 0 Å². The Morgan fingerprint density at radius 1 is 1.14 bits per heavy atom. The van der Waals surface area contributed by atoms with E-state index in [0.29, 0.717) is 65.8 Å². The van der Waals surface area contributed by atoms with E-state index in [1.807, 2.05) is 29.2 Å². The van der Waals surface area contributed by atoms with Crippen molar-refractivity contribution in [3.63, 3.8) is 0 Å². The molecule has 2 aliphatic rings. The monoisotopic (exact) mass is 529 g/mol. The highest BCUT2D eigenvalue weighted by Gasteiger charge is 2.31. The van der Waals surface area contributed by atoms with Crippen molar-refractivity contribution in [2.24, 2.45) is 0 Å². The molecule has 188 valence electrons. The summed E-state index contributed by atoms with van der Waals surface area (Å²) in [5.74, 6) is 1.38. The Kier molecular flexibility index (Phi) is 7.04. The maximum Gasteiger partial charge on any atom is 0.223 e. The molecule has 2 unspecified atom stereocenters. The van der Waals surface area contributed by atoms with E-state index in [-0.39, 0.29) is 12.1 Å². The zero-order valence-corrected chi connectivity index (χ0v) is 21.3. The highest BCUT2D eigenvalue weighted by atomic mass is 35.5. The summed E-state index contributed by atoms with van der Waals surface area (Å²) >= 11 is 13.5. The Bertz CT molecular complexity index is 1260. The number of aromatic nitrogens is 2. The summed E-state index contributed by atoms with van der Waals surface area (Å²) in [6, 6.07) is 9.36. The molecule has 0 aliphatic carbocycles.